The fraction of sp³-hybridized carbons (Fsp3) is 0.214. The standard InChI is InChI=1S/C14H14BrClN2O3/c1-18(8-10-4-6-13(15)21-10)14(19)17-11-7-9(16)3-5-12(11)20-2/h3-7H,8H2,1-2H3,(H,17,19). The van der Waals surface area contributed by atoms with Crippen LogP contribution in [0.1, 0.15) is 5.76 Å². The number of urea groups is 1. The molecule has 5 nitrogen and oxygen atoms in total. The molecule has 1 aromatic carbocycles. The SMILES string of the molecule is COc1ccc(Cl)cc1NC(=O)N(C)Cc1ccc(Br)o1. The number of anilines is 1. The highest BCUT2D eigenvalue weighted by molar-refractivity contribution is 9.10. The minimum Gasteiger partial charge on any atom is -0.495 e. The van der Waals surface area contributed by atoms with E-state index in [9.17, 15) is 4.79 Å². The highest BCUT2D eigenvalue weighted by Gasteiger charge is 2.14. The van der Waals surface area contributed by atoms with Gasteiger partial charge in [0.2, 0.25) is 0 Å². The van der Waals surface area contributed by atoms with E-state index in [2.05, 4.69) is 21.2 Å². The molecular formula is C14H14BrClN2O3. The molecule has 0 aliphatic rings. The molecule has 7 heteroatoms. The maximum Gasteiger partial charge on any atom is 0.322 e. The number of halogens is 2. The van der Waals surface area contributed by atoms with Gasteiger partial charge >= 0.3 is 6.03 Å². The van der Waals surface area contributed by atoms with E-state index in [-0.39, 0.29) is 6.03 Å². The van der Waals surface area contributed by atoms with Crippen LogP contribution in [-0.2, 0) is 6.54 Å². The van der Waals surface area contributed by atoms with Crippen LogP contribution in [0.2, 0.25) is 5.02 Å². The molecule has 0 atom stereocenters. The molecule has 0 radical (unpaired) electrons. The summed E-state index contributed by atoms with van der Waals surface area (Å²) in [7, 11) is 3.20. The summed E-state index contributed by atoms with van der Waals surface area (Å²) in [4.78, 5) is 13.7. The third-order valence-corrected chi connectivity index (χ3v) is 3.43. The Kier molecular flexibility index (Phi) is 5.14. The van der Waals surface area contributed by atoms with Gasteiger partial charge in [0.05, 0.1) is 19.3 Å². The first-order valence-electron chi connectivity index (χ1n) is 6.09. The predicted molar refractivity (Wildman–Crippen MR) is 84.9 cm³/mol. The van der Waals surface area contributed by atoms with Gasteiger partial charge in [-0.25, -0.2) is 4.79 Å². The zero-order chi connectivity index (χ0) is 15.4. The molecule has 0 aliphatic carbocycles. The fourth-order valence-corrected chi connectivity index (χ4v) is 2.24. The van der Waals surface area contributed by atoms with E-state index >= 15 is 0 Å². The minimum absolute atomic E-state index is 0.289. The molecule has 2 amide bonds. The lowest BCUT2D eigenvalue weighted by atomic mass is 10.3. The quantitative estimate of drug-likeness (QED) is 0.866. The van der Waals surface area contributed by atoms with Crippen LogP contribution in [0.4, 0.5) is 10.5 Å². The number of carbonyl (C=O) groups excluding carboxylic acids is 1. The molecule has 2 rings (SSSR count). The van der Waals surface area contributed by atoms with E-state index in [1.165, 1.54) is 12.0 Å². The number of hydrogen-bond donors (Lipinski definition) is 1. The molecule has 0 fully saturated rings. The van der Waals surface area contributed by atoms with E-state index in [4.69, 9.17) is 20.8 Å². The van der Waals surface area contributed by atoms with Gasteiger partial charge in [-0.1, -0.05) is 11.6 Å². The average Bonchev–Trinajstić information content (AvgIpc) is 2.84. The van der Waals surface area contributed by atoms with Crippen molar-refractivity contribution in [1.29, 1.82) is 0 Å². The lowest BCUT2D eigenvalue weighted by Gasteiger charge is -2.18. The highest BCUT2D eigenvalue weighted by atomic mass is 79.9. The first-order valence-corrected chi connectivity index (χ1v) is 7.26. The fourth-order valence-electron chi connectivity index (χ4n) is 1.73. The molecular weight excluding hydrogens is 360 g/mol. The normalized spacial score (nSPS) is 10.3. The molecule has 2 aromatic rings. The number of amides is 2. The summed E-state index contributed by atoms with van der Waals surface area (Å²) in [5, 5.41) is 3.27. The molecule has 0 aliphatic heterocycles. The molecule has 0 unspecified atom stereocenters. The Balaban J connectivity index is 2.05. The third-order valence-electron chi connectivity index (χ3n) is 2.77. The van der Waals surface area contributed by atoms with Gasteiger partial charge in [-0.3, -0.25) is 0 Å². The number of methoxy groups -OCH3 is 1. The molecule has 0 saturated heterocycles. The van der Waals surface area contributed by atoms with Gasteiger partial charge in [0, 0.05) is 12.1 Å². The first kappa shape index (κ1) is 15.7. The van der Waals surface area contributed by atoms with Crippen molar-refractivity contribution in [3.05, 3.63) is 45.8 Å². The molecule has 0 spiro atoms. The average molecular weight is 374 g/mol. The van der Waals surface area contributed by atoms with E-state index in [1.54, 1.807) is 37.4 Å². The second kappa shape index (κ2) is 6.87. The third kappa shape index (κ3) is 4.15. The van der Waals surface area contributed by atoms with Crippen molar-refractivity contribution in [3.63, 3.8) is 0 Å². The molecule has 1 aromatic heterocycles. The second-order valence-electron chi connectivity index (χ2n) is 4.34. The van der Waals surface area contributed by atoms with E-state index < -0.39 is 0 Å². The van der Waals surface area contributed by atoms with Crippen LogP contribution in [0.25, 0.3) is 0 Å². The van der Waals surface area contributed by atoms with Crippen LogP contribution in [0.15, 0.2) is 39.4 Å². The number of nitrogens with one attached hydrogen (secondary N) is 1. The van der Waals surface area contributed by atoms with Crippen molar-refractivity contribution in [2.24, 2.45) is 0 Å². The Morgan fingerprint density at radius 1 is 1.43 bits per heavy atom. The highest BCUT2D eigenvalue weighted by Crippen LogP contribution is 2.28. The summed E-state index contributed by atoms with van der Waals surface area (Å²) in [6, 6.07) is 8.31. The number of benzene rings is 1. The van der Waals surface area contributed by atoms with Crippen molar-refractivity contribution in [2.75, 3.05) is 19.5 Å². The maximum atomic E-state index is 12.2. The van der Waals surface area contributed by atoms with Gasteiger partial charge in [0.15, 0.2) is 4.67 Å². The summed E-state index contributed by atoms with van der Waals surface area (Å²) in [5.41, 5.74) is 0.516. The van der Waals surface area contributed by atoms with Gasteiger partial charge in [-0.15, -0.1) is 0 Å². The van der Waals surface area contributed by atoms with Crippen LogP contribution in [0.3, 0.4) is 0 Å². The monoisotopic (exact) mass is 372 g/mol. The van der Waals surface area contributed by atoms with E-state index in [1.807, 2.05) is 0 Å². The number of rotatable bonds is 4. The maximum absolute atomic E-state index is 12.2. The van der Waals surface area contributed by atoms with Gasteiger partial charge < -0.3 is 19.4 Å². The number of furan rings is 1. The number of ether oxygens (including phenoxy) is 1. The van der Waals surface area contributed by atoms with Crippen molar-refractivity contribution < 1.29 is 13.9 Å². The molecule has 0 bridgehead atoms. The van der Waals surface area contributed by atoms with Crippen LogP contribution in [0, 0.1) is 0 Å². The van der Waals surface area contributed by atoms with Crippen molar-refractivity contribution in [3.8, 4) is 5.75 Å². The van der Waals surface area contributed by atoms with Crippen molar-refractivity contribution in [1.82, 2.24) is 4.90 Å². The molecule has 1 N–H and O–H groups in total. The van der Waals surface area contributed by atoms with Crippen molar-refractivity contribution in [2.45, 2.75) is 6.54 Å². The van der Waals surface area contributed by atoms with Gasteiger partial charge in [0.1, 0.15) is 11.5 Å². The lowest BCUT2D eigenvalue weighted by molar-refractivity contribution is 0.216. The summed E-state index contributed by atoms with van der Waals surface area (Å²) in [6.07, 6.45) is 0. The first-order chi connectivity index (χ1) is 9.99. The van der Waals surface area contributed by atoms with Crippen LogP contribution in [-0.4, -0.2) is 25.1 Å². The number of nitrogens with zero attached hydrogens (tertiary/aromatic N) is 1. The minimum atomic E-state index is -0.289. The zero-order valence-corrected chi connectivity index (χ0v) is 13.9. The summed E-state index contributed by atoms with van der Waals surface area (Å²) in [5.74, 6) is 1.22. The van der Waals surface area contributed by atoms with Gasteiger partial charge in [-0.2, -0.15) is 0 Å². The number of hydrogen-bond acceptors (Lipinski definition) is 3. The Morgan fingerprint density at radius 3 is 2.81 bits per heavy atom. The predicted octanol–water partition coefficient (Wildman–Crippen LogP) is 4.37. The van der Waals surface area contributed by atoms with Gasteiger partial charge in [-0.05, 0) is 46.3 Å². The Hall–Kier alpha value is -1.66. The van der Waals surface area contributed by atoms with E-state index in [0.29, 0.717) is 33.4 Å². The molecule has 112 valence electrons. The van der Waals surface area contributed by atoms with Crippen LogP contribution < -0.4 is 10.1 Å². The Morgan fingerprint density at radius 2 is 2.19 bits per heavy atom. The summed E-state index contributed by atoms with van der Waals surface area (Å²) in [6.45, 7) is 0.348. The Bertz CT molecular complexity index is 645. The Labute approximate surface area is 135 Å². The summed E-state index contributed by atoms with van der Waals surface area (Å²) < 4.78 is 11.2. The lowest BCUT2D eigenvalue weighted by Crippen LogP contribution is -2.30. The second-order valence-corrected chi connectivity index (χ2v) is 5.55. The molecule has 21 heavy (non-hydrogen) atoms. The molecule has 0 saturated carbocycles. The van der Waals surface area contributed by atoms with E-state index in [0.717, 1.165) is 0 Å². The zero-order valence-electron chi connectivity index (χ0n) is 11.5. The van der Waals surface area contributed by atoms with Crippen LogP contribution in [0.5, 0.6) is 5.75 Å². The largest absolute Gasteiger partial charge is 0.495 e. The van der Waals surface area contributed by atoms with Gasteiger partial charge in [0.25, 0.3) is 0 Å². The van der Waals surface area contributed by atoms with Crippen LogP contribution >= 0.6 is 27.5 Å². The topological polar surface area (TPSA) is 54.7 Å². The molecule has 1 heterocycles. The smallest absolute Gasteiger partial charge is 0.322 e. The van der Waals surface area contributed by atoms with Crippen molar-refractivity contribution >= 4 is 39.2 Å². The summed E-state index contributed by atoms with van der Waals surface area (Å²) >= 11 is 9.15. The number of carbonyl (C=O) groups is 1.